The van der Waals surface area contributed by atoms with Gasteiger partial charge in [0.05, 0.1) is 6.21 Å². The number of carbonyl (C=O) groups excluding carboxylic acids is 1. The molecule has 5 nitrogen and oxygen atoms in total. The first-order valence-corrected chi connectivity index (χ1v) is 10.6. The van der Waals surface area contributed by atoms with E-state index >= 15 is 0 Å². The van der Waals surface area contributed by atoms with E-state index in [0.29, 0.717) is 29.0 Å². The molecule has 0 radical (unpaired) electrons. The molecule has 0 saturated heterocycles. The minimum absolute atomic E-state index is 0.416. The fraction of sp³-hybridized carbons (Fsp3) is 0.0714. The third-order valence-corrected chi connectivity index (χ3v) is 5.24. The second-order valence-electron chi connectivity index (χ2n) is 7.45. The molecule has 5 heteroatoms. The highest BCUT2D eigenvalue weighted by molar-refractivity contribution is 5.91. The normalized spacial score (nSPS) is 11.3. The quantitative estimate of drug-likeness (QED) is 0.312. The number of ether oxygens (including phenoxy) is 1. The van der Waals surface area contributed by atoms with Crippen molar-refractivity contribution in [1.29, 1.82) is 0 Å². The molecule has 4 aromatic carbocycles. The Labute approximate surface area is 193 Å². The Bertz CT molecular complexity index is 1170. The van der Waals surface area contributed by atoms with E-state index in [1.54, 1.807) is 48.5 Å². The molecule has 4 rings (SSSR count). The van der Waals surface area contributed by atoms with Gasteiger partial charge in [-0.15, -0.1) is 0 Å². The number of benzene rings is 4. The fourth-order valence-electron chi connectivity index (χ4n) is 3.48. The van der Waals surface area contributed by atoms with Gasteiger partial charge >= 0.3 is 0 Å². The Morgan fingerprint density at radius 3 is 1.91 bits per heavy atom. The molecule has 2 N–H and O–H groups in total. The standard InChI is InChI=1S/C28H24N2O3/c31-27(28(32,24-15-6-2-7-16-24)25-17-8-3-9-18-25)30-29-20-23-14-10-11-19-26(23)33-21-22-12-4-1-5-13-22/h1-20,32H,21H2,(H,30,31)/b29-20-. The van der Waals surface area contributed by atoms with Crippen molar-refractivity contribution >= 4 is 12.1 Å². The van der Waals surface area contributed by atoms with Crippen LogP contribution in [0.1, 0.15) is 22.3 Å². The summed E-state index contributed by atoms with van der Waals surface area (Å²) in [5, 5.41) is 15.6. The molecule has 0 saturated carbocycles. The van der Waals surface area contributed by atoms with Crippen molar-refractivity contribution in [2.75, 3.05) is 0 Å². The third-order valence-electron chi connectivity index (χ3n) is 5.24. The lowest BCUT2D eigenvalue weighted by molar-refractivity contribution is -0.136. The van der Waals surface area contributed by atoms with E-state index in [-0.39, 0.29) is 0 Å². The Hall–Kier alpha value is -4.22. The first-order valence-electron chi connectivity index (χ1n) is 10.6. The fourth-order valence-corrected chi connectivity index (χ4v) is 3.48. The molecule has 0 fully saturated rings. The molecule has 33 heavy (non-hydrogen) atoms. The van der Waals surface area contributed by atoms with Gasteiger partial charge in [-0.1, -0.05) is 103 Å². The minimum atomic E-state index is -1.89. The largest absolute Gasteiger partial charge is 0.488 e. The van der Waals surface area contributed by atoms with Crippen molar-refractivity contribution in [2.24, 2.45) is 5.10 Å². The average molecular weight is 437 g/mol. The summed E-state index contributed by atoms with van der Waals surface area (Å²) in [5.41, 5.74) is 3.27. The molecule has 0 aliphatic rings. The molecule has 0 unspecified atom stereocenters. The van der Waals surface area contributed by atoms with Crippen LogP contribution >= 0.6 is 0 Å². The number of hydrogen-bond acceptors (Lipinski definition) is 4. The van der Waals surface area contributed by atoms with Crippen molar-refractivity contribution in [2.45, 2.75) is 12.2 Å². The monoisotopic (exact) mass is 436 g/mol. The lowest BCUT2D eigenvalue weighted by atomic mass is 9.85. The number of hydrogen-bond donors (Lipinski definition) is 2. The van der Waals surface area contributed by atoms with Gasteiger partial charge < -0.3 is 9.84 Å². The van der Waals surface area contributed by atoms with Crippen LogP contribution in [-0.4, -0.2) is 17.2 Å². The van der Waals surface area contributed by atoms with Crippen LogP contribution in [0, 0.1) is 0 Å². The van der Waals surface area contributed by atoms with E-state index in [0.717, 1.165) is 5.56 Å². The zero-order valence-electron chi connectivity index (χ0n) is 18.0. The highest BCUT2D eigenvalue weighted by Gasteiger charge is 2.39. The van der Waals surface area contributed by atoms with Crippen LogP contribution < -0.4 is 10.2 Å². The van der Waals surface area contributed by atoms with Gasteiger partial charge in [0, 0.05) is 5.56 Å². The van der Waals surface area contributed by atoms with Crippen LogP contribution in [0.4, 0.5) is 0 Å². The maximum absolute atomic E-state index is 13.1. The Morgan fingerprint density at radius 1 is 0.788 bits per heavy atom. The summed E-state index contributed by atoms with van der Waals surface area (Å²) in [5.74, 6) is -0.0143. The average Bonchev–Trinajstić information content (AvgIpc) is 2.89. The van der Waals surface area contributed by atoms with Crippen molar-refractivity contribution in [3.8, 4) is 5.75 Å². The number of nitrogens with one attached hydrogen (secondary N) is 1. The Balaban J connectivity index is 1.52. The lowest BCUT2D eigenvalue weighted by Crippen LogP contribution is -2.43. The van der Waals surface area contributed by atoms with Crippen molar-refractivity contribution in [1.82, 2.24) is 5.43 Å². The van der Waals surface area contributed by atoms with E-state index in [4.69, 9.17) is 4.74 Å². The van der Waals surface area contributed by atoms with Gasteiger partial charge in [0.15, 0.2) is 5.60 Å². The van der Waals surface area contributed by atoms with Crippen molar-refractivity contribution in [3.05, 3.63) is 138 Å². The number of nitrogens with zero attached hydrogens (tertiary/aromatic N) is 1. The maximum Gasteiger partial charge on any atom is 0.281 e. The highest BCUT2D eigenvalue weighted by atomic mass is 16.5. The van der Waals surface area contributed by atoms with Gasteiger partial charge in [0.2, 0.25) is 0 Å². The smallest absolute Gasteiger partial charge is 0.281 e. The van der Waals surface area contributed by atoms with Crippen LogP contribution in [0.25, 0.3) is 0 Å². The minimum Gasteiger partial charge on any atom is -0.488 e. The third kappa shape index (κ3) is 5.17. The maximum atomic E-state index is 13.1. The summed E-state index contributed by atoms with van der Waals surface area (Å²) in [6.45, 7) is 0.416. The molecule has 1 amide bonds. The summed E-state index contributed by atoms with van der Waals surface area (Å²) >= 11 is 0. The van der Waals surface area contributed by atoms with Gasteiger partial charge in [-0.05, 0) is 28.8 Å². The van der Waals surface area contributed by atoms with Crippen LogP contribution in [0.5, 0.6) is 5.75 Å². The summed E-state index contributed by atoms with van der Waals surface area (Å²) in [6.07, 6.45) is 1.51. The lowest BCUT2D eigenvalue weighted by Gasteiger charge is -2.27. The summed E-state index contributed by atoms with van der Waals surface area (Å²) in [4.78, 5) is 13.1. The molecule has 0 atom stereocenters. The van der Waals surface area contributed by atoms with Gasteiger partial charge in [-0.3, -0.25) is 4.79 Å². The Morgan fingerprint density at radius 2 is 1.30 bits per heavy atom. The van der Waals surface area contributed by atoms with Gasteiger partial charge in [0.1, 0.15) is 12.4 Å². The van der Waals surface area contributed by atoms with E-state index in [2.05, 4.69) is 10.5 Å². The molecule has 0 bridgehead atoms. The Kier molecular flexibility index (Phi) is 6.93. The topological polar surface area (TPSA) is 70.9 Å². The molecule has 4 aromatic rings. The van der Waals surface area contributed by atoms with Gasteiger partial charge in [-0.25, -0.2) is 5.43 Å². The number of aliphatic hydroxyl groups is 1. The summed E-state index contributed by atoms with van der Waals surface area (Å²) in [7, 11) is 0. The zero-order chi connectivity index (χ0) is 22.9. The molecule has 0 heterocycles. The van der Waals surface area contributed by atoms with Crippen molar-refractivity contribution < 1.29 is 14.6 Å². The van der Waals surface area contributed by atoms with E-state index in [1.807, 2.05) is 66.7 Å². The molecule has 0 aliphatic heterocycles. The van der Waals surface area contributed by atoms with E-state index in [1.165, 1.54) is 6.21 Å². The summed E-state index contributed by atoms with van der Waals surface area (Å²) < 4.78 is 5.93. The molecule has 164 valence electrons. The zero-order valence-corrected chi connectivity index (χ0v) is 18.0. The van der Waals surface area contributed by atoms with E-state index in [9.17, 15) is 9.90 Å². The van der Waals surface area contributed by atoms with Crippen LogP contribution in [0.15, 0.2) is 120 Å². The van der Waals surface area contributed by atoms with Crippen molar-refractivity contribution in [3.63, 3.8) is 0 Å². The second kappa shape index (κ2) is 10.4. The number of rotatable bonds is 8. The molecule has 0 spiro atoms. The SMILES string of the molecule is O=C(N/N=C\c1ccccc1OCc1ccccc1)C(O)(c1ccccc1)c1ccccc1. The predicted octanol–water partition coefficient (Wildman–Crippen LogP) is 4.65. The van der Waals surface area contributed by atoms with Crippen LogP contribution in [-0.2, 0) is 17.0 Å². The van der Waals surface area contributed by atoms with Crippen LogP contribution in [0.3, 0.4) is 0 Å². The van der Waals surface area contributed by atoms with Gasteiger partial charge in [-0.2, -0.15) is 5.10 Å². The molecule has 0 aromatic heterocycles. The molecular weight excluding hydrogens is 412 g/mol. The second-order valence-corrected chi connectivity index (χ2v) is 7.45. The molecular formula is C28H24N2O3. The van der Waals surface area contributed by atoms with Gasteiger partial charge in [0.25, 0.3) is 5.91 Å². The first kappa shape index (κ1) is 22.0. The number of para-hydroxylation sites is 1. The number of amides is 1. The highest BCUT2D eigenvalue weighted by Crippen LogP contribution is 2.29. The van der Waals surface area contributed by atoms with Crippen LogP contribution in [0.2, 0.25) is 0 Å². The first-order chi connectivity index (χ1) is 16.2. The number of carbonyl (C=O) groups is 1. The predicted molar refractivity (Wildman–Crippen MR) is 129 cm³/mol. The molecule has 0 aliphatic carbocycles. The number of hydrazone groups is 1. The van der Waals surface area contributed by atoms with E-state index < -0.39 is 11.5 Å². The summed E-state index contributed by atoms with van der Waals surface area (Å²) in [6, 6.07) is 34.9.